The molecule has 3 heterocycles. The third-order valence-electron chi connectivity index (χ3n) is 5.34. The first-order chi connectivity index (χ1) is 15.2. The number of pyridine rings is 1. The summed E-state index contributed by atoms with van der Waals surface area (Å²) in [4.78, 5) is 16.9. The van der Waals surface area contributed by atoms with Gasteiger partial charge in [0.15, 0.2) is 17.3 Å². The molecule has 1 aromatic heterocycles. The lowest BCUT2D eigenvalue weighted by Crippen LogP contribution is -2.37. The Labute approximate surface area is 180 Å². The number of rotatable bonds is 8. The van der Waals surface area contributed by atoms with Crippen LogP contribution in [0.15, 0.2) is 54.6 Å². The molecule has 3 atom stereocenters. The molecule has 31 heavy (non-hydrogen) atoms. The molecule has 2 aliphatic rings. The second kappa shape index (κ2) is 9.80. The molecule has 0 saturated heterocycles. The van der Waals surface area contributed by atoms with Crippen LogP contribution >= 0.6 is 0 Å². The van der Waals surface area contributed by atoms with Gasteiger partial charge >= 0.3 is 0 Å². The molecule has 0 spiro atoms. The van der Waals surface area contributed by atoms with Crippen LogP contribution in [0.25, 0.3) is 0 Å². The van der Waals surface area contributed by atoms with Gasteiger partial charge in [-0.15, -0.1) is 0 Å². The molecule has 2 aliphatic heterocycles. The summed E-state index contributed by atoms with van der Waals surface area (Å²) in [6.07, 6.45) is 5.68. The SMILES string of the molecule is CCO[C@@H]1OC(C(=O)Nc2cccnc2)=C[C@H](c2ccc3c(c2)OCO3)[C@H]1CCCO. The molecule has 8 heteroatoms. The molecule has 2 N–H and O–H groups in total. The van der Waals surface area contributed by atoms with Gasteiger partial charge in [-0.3, -0.25) is 9.78 Å². The van der Waals surface area contributed by atoms with Crippen molar-refractivity contribution < 1.29 is 28.8 Å². The van der Waals surface area contributed by atoms with Crippen molar-refractivity contribution >= 4 is 11.6 Å². The minimum Gasteiger partial charge on any atom is -0.459 e. The first kappa shape index (κ1) is 21.1. The molecule has 0 bridgehead atoms. The zero-order valence-corrected chi connectivity index (χ0v) is 17.3. The van der Waals surface area contributed by atoms with E-state index in [1.807, 2.05) is 31.2 Å². The number of fused-ring (bicyclic) bond motifs is 1. The van der Waals surface area contributed by atoms with Crippen molar-refractivity contribution in [3.63, 3.8) is 0 Å². The molecule has 0 unspecified atom stereocenters. The summed E-state index contributed by atoms with van der Waals surface area (Å²) < 4.78 is 22.8. The predicted molar refractivity (Wildman–Crippen MR) is 113 cm³/mol. The summed E-state index contributed by atoms with van der Waals surface area (Å²) in [7, 11) is 0. The van der Waals surface area contributed by atoms with Gasteiger partial charge in [-0.25, -0.2) is 0 Å². The second-order valence-electron chi connectivity index (χ2n) is 7.34. The number of benzene rings is 1. The molecular weight excluding hydrogens is 400 g/mol. The lowest BCUT2D eigenvalue weighted by molar-refractivity contribution is -0.165. The summed E-state index contributed by atoms with van der Waals surface area (Å²) in [5.74, 6) is 0.938. The Hall–Kier alpha value is -3.10. The average molecular weight is 426 g/mol. The minimum atomic E-state index is -0.619. The molecule has 1 amide bonds. The summed E-state index contributed by atoms with van der Waals surface area (Å²) in [5, 5.41) is 12.2. The number of carbonyl (C=O) groups excluding carboxylic acids is 1. The topological polar surface area (TPSA) is 99.1 Å². The van der Waals surface area contributed by atoms with Gasteiger partial charge < -0.3 is 29.4 Å². The van der Waals surface area contributed by atoms with E-state index in [1.165, 1.54) is 0 Å². The van der Waals surface area contributed by atoms with Crippen LogP contribution in [0, 0.1) is 5.92 Å². The highest BCUT2D eigenvalue weighted by Crippen LogP contribution is 2.42. The average Bonchev–Trinajstić information content (AvgIpc) is 3.26. The van der Waals surface area contributed by atoms with E-state index in [1.54, 1.807) is 24.5 Å². The highest BCUT2D eigenvalue weighted by molar-refractivity contribution is 6.02. The van der Waals surface area contributed by atoms with Crippen molar-refractivity contribution in [2.24, 2.45) is 5.92 Å². The van der Waals surface area contributed by atoms with Crippen LogP contribution in [0.4, 0.5) is 5.69 Å². The number of hydrogen-bond acceptors (Lipinski definition) is 7. The van der Waals surface area contributed by atoms with Crippen LogP contribution in [0.3, 0.4) is 0 Å². The lowest BCUT2D eigenvalue weighted by Gasteiger charge is -2.37. The minimum absolute atomic E-state index is 0.0707. The van der Waals surface area contributed by atoms with Crippen LogP contribution in [-0.2, 0) is 14.3 Å². The van der Waals surface area contributed by atoms with E-state index in [0.717, 1.165) is 5.56 Å². The molecular formula is C23H26N2O6. The van der Waals surface area contributed by atoms with Gasteiger partial charge in [0.1, 0.15) is 0 Å². The van der Waals surface area contributed by atoms with E-state index in [-0.39, 0.29) is 36.9 Å². The van der Waals surface area contributed by atoms with E-state index in [4.69, 9.17) is 18.9 Å². The first-order valence-electron chi connectivity index (χ1n) is 10.4. The van der Waals surface area contributed by atoms with Crippen LogP contribution in [0.5, 0.6) is 11.5 Å². The number of amides is 1. The molecule has 8 nitrogen and oxygen atoms in total. The van der Waals surface area contributed by atoms with Crippen molar-refractivity contribution in [2.75, 3.05) is 25.3 Å². The van der Waals surface area contributed by atoms with Crippen LogP contribution in [0.1, 0.15) is 31.2 Å². The number of nitrogens with one attached hydrogen (secondary N) is 1. The first-order valence-corrected chi connectivity index (χ1v) is 10.4. The number of nitrogens with zero attached hydrogens (tertiary/aromatic N) is 1. The number of aliphatic hydroxyl groups excluding tert-OH is 1. The molecule has 0 saturated carbocycles. The van der Waals surface area contributed by atoms with E-state index in [0.29, 0.717) is 36.6 Å². The van der Waals surface area contributed by atoms with Crippen LogP contribution < -0.4 is 14.8 Å². The fraction of sp³-hybridized carbons (Fsp3) is 0.391. The number of ether oxygens (including phenoxy) is 4. The molecule has 2 aromatic rings. The lowest BCUT2D eigenvalue weighted by atomic mass is 9.80. The van der Waals surface area contributed by atoms with Gasteiger partial charge in [-0.05, 0) is 55.7 Å². The van der Waals surface area contributed by atoms with Crippen molar-refractivity contribution in [1.82, 2.24) is 4.98 Å². The number of aliphatic hydroxyl groups is 1. The summed E-state index contributed by atoms with van der Waals surface area (Å²) in [5.41, 5.74) is 1.54. The zero-order chi connectivity index (χ0) is 21.6. The number of aromatic nitrogens is 1. The van der Waals surface area contributed by atoms with Crippen molar-refractivity contribution in [1.29, 1.82) is 0 Å². The van der Waals surface area contributed by atoms with Gasteiger partial charge in [0, 0.05) is 31.2 Å². The standard InChI is InChI=1S/C23H26N2O6/c1-2-28-23-17(6-4-10-26)18(15-7-8-19-20(11-15)30-14-29-19)12-21(31-23)22(27)25-16-5-3-9-24-13-16/h3,5,7-9,11-13,17-18,23,26H,2,4,6,10,14H2,1H3,(H,25,27)/t17-,18-,23-/m1/s1. The van der Waals surface area contributed by atoms with Crippen molar-refractivity contribution in [3.05, 3.63) is 60.1 Å². The number of carbonyl (C=O) groups is 1. The Balaban J connectivity index is 1.67. The van der Waals surface area contributed by atoms with E-state index in [9.17, 15) is 9.90 Å². The molecule has 0 fully saturated rings. The predicted octanol–water partition coefficient (Wildman–Crippen LogP) is 3.20. The third-order valence-corrected chi connectivity index (χ3v) is 5.34. The van der Waals surface area contributed by atoms with Gasteiger partial charge in [0.25, 0.3) is 5.91 Å². The van der Waals surface area contributed by atoms with Crippen molar-refractivity contribution in [3.8, 4) is 11.5 Å². The highest BCUT2D eigenvalue weighted by Gasteiger charge is 2.38. The van der Waals surface area contributed by atoms with Gasteiger partial charge in [0.2, 0.25) is 13.1 Å². The summed E-state index contributed by atoms with van der Waals surface area (Å²) in [6, 6.07) is 9.27. The smallest absolute Gasteiger partial charge is 0.290 e. The second-order valence-corrected chi connectivity index (χ2v) is 7.34. The molecule has 0 aliphatic carbocycles. The Morgan fingerprint density at radius 2 is 2.16 bits per heavy atom. The van der Waals surface area contributed by atoms with Gasteiger partial charge in [-0.2, -0.15) is 0 Å². The fourth-order valence-corrected chi connectivity index (χ4v) is 3.89. The molecule has 4 rings (SSSR count). The summed E-state index contributed by atoms with van der Waals surface area (Å²) >= 11 is 0. The largest absolute Gasteiger partial charge is 0.459 e. The number of anilines is 1. The van der Waals surface area contributed by atoms with E-state index >= 15 is 0 Å². The Morgan fingerprint density at radius 1 is 1.29 bits per heavy atom. The van der Waals surface area contributed by atoms with E-state index < -0.39 is 6.29 Å². The zero-order valence-electron chi connectivity index (χ0n) is 17.3. The fourth-order valence-electron chi connectivity index (χ4n) is 3.89. The Kier molecular flexibility index (Phi) is 6.69. The number of hydrogen-bond donors (Lipinski definition) is 2. The van der Waals surface area contributed by atoms with Gasteiger partial charge in [0.05, 0.1) is 11.9 Å². The van der Waals surface area contributed by atoms with Crippen LogP contribution in [-0.4, -0.2) is 42.3 Å². The molecule has 164 valence electrons. The normalized spacial score (nSPS) is 21.9. The monoisotopic (exact) mass is 426 g/mol. The Morgan fingerprint density at radius 3 is 2.94 bits per heavy atom. The Bertz CT molecular complexity index is 933. The quantitative estimate of drug-likeness (QED) is 0.669. The third kappa shape index (κ3) is 4.81. The molecule has 1 aromatic carbocycles. The maximum absolute atomic E-state index is 12.9. The highest BCUT2D eigenvalue weighted by atomic mass is 16.7. The summed E-state index contributed by atoms with van der Waals surface area (Å²) in [6.45, 7) is 2.58. The van der Waals surface area contributed by atoms with Gasteiger partial charge in [-0.1, -0.05) is 6.07 Å². The number of allylic oxidation sites excluding steroid dienone is 1. The van der Waals surface area contributed by atoms with E-state index in [2.05, 4.69) is 10.3 Å². The maximum atomic E-state index is 12.9. The van der Waals surface area contributed by atoms with Crippen molar-refractivity contribution in [2.45, 2.75) is 32.0 Å². The maximum Gasteiger partial charge on any atom is 0.290 e. The van der Waals surface area contributed by atoms with Crippen LogP contribution in [0.2, 0.25) is 0 Å². The molecule has 0 radical (unpaired) electrons.